The van der Waals surface area contributed by atoms with Crippen LogP contribution in [0, 0.1) is 0 Å². The van der Waals surface area contributed by atoms with E-state index in [0.717, 1.165) is 0 Å². The second-order valence-corrected chi connectivity index (χ2v) is 4.49. The van der Waals surface area contributed by atoms with E-state index in [9.17, 15) is 74.6 Å². The molecule has 27 heavy (non-hydrogen) atoms. The standard InChI is InChI=1S/C8HF17O.H3N/c9-1(10,3(13,14)5(17,18)7(21,22)23)2(11,12)4(15,16)6(19,20)8(24,25)26;/h26H;1H3. The van der Waals surface area contributed by atoms with Gasteiger partial charge in [0.05, 0.1) is 0 Å². The zero-order valence-electron chi connectivity index (χ0n) is 11.6. The number of halogens is 17. The molecule has 0 heterocycles. The summed E-state index contributed by atoms with van der Waals surface area (Å²) < 4.78 is 210. The van der Waals surface area contributed by atoms with Gasteiger partial charge in [-0.25, -0.2) is 0 Å². The minimum atomic E-state index is -8.67. The molecule has 0 aliphatic carbocycles. The summed E-state index contributed by atoms with van der Waals surface area (Å²) in [6, 6.07) is 0. The van der Waals surface area contributed by atoms with Gasteiger partial charge in [-0.1, -0.05) is 0 Å². The number of rotatable bonds is 6. The Balaban J connectivity index is 0. The van der Waals surface area contributed by atoms with Crippen LogP contribution in [-0.4, -0.2) is 52.9 Å². The monoisotopic (exact) mass is 453 g/mol. The smallest absolute Gasteiger partial charge is 0.344 e. The van der Waals surface area contributed by atoms with Crippen LogP contribution in [0.2, 0.25) is 0 Å². The fraction of sp³-hybridized carbons (Fsp3) is 1.00. The summed E-state index contributed by atoms with van der Waals surface area (Å²) in [5, 5.41) is 7.34. The van der Waals surface area contributed by atoms with Crippen molar-refractivity contribution in [2.75, 3.05) is 0 Å². The number of aliphatic hydroxyl groups is 1. The van der Waals surface area contributed by atoms with Crippen molar-refractivity contribution in [3.8, 4) is 0 Å². The van der Waals surface area contributed by atoms with Gasteiger partial charge in [0.1, 0.15) is 0 Å². The SMILES string of the molecule is N.OC(F)(F)C(F)(F)C(F)(F)C(F)(F)C(F)(F)C(F)(F)C(F)(F)C(F)(F)F. The summed E-state index contributed by atoms with van der Waals surface area (Å²) in [6.07, 6.45) is -15.1. The van der Waals surface area contributed by atoms with E-state index >= 15 is 0 Å². The molecule has 2 nitrogen and oxygen atoms in total. The molecule has 0 unspecified atom stereocenters. The maximum atomic E-state index is 12.8. The van der Waals surface area contributed by atoms with Gasteiger partial charge in [-0.2, -0.15) is 74.6 Å². The van der Waals surface area contributed by atoms with Gasteiger partial charge < -0.3 is 11.3 Å². The summed E-state index contributed by atoms with van der Waals surface area (Å²) >= 11 is 0. The van der Waals surface area contributed by atoms with Gasteiger partial charge in [0.25, 0.3) is 0 Å². The molecule has 0 saturated carbocycles. The van der Waals surface area contributed by atoms with Crippen molar-refractivity contribution in [3.63, 3.8) is 0 Å². The van der Waals surface area contributed by atoms with E-state index < -0.39 is 47.8 Å². The first kappa shape index (κ1) is 27.9. The van der Waals surface area contributed by atoms with Crippen molar-refractivity contribution in [2.24, 2.45) is 0 Å². The predicted octanol–water partition coefficient (Wildman–Crippen LogP) is 5.11. The third kappa shape index (κ3) is 3.35. The minimum absolute atomic E-state index is 0. The number of hydrogen-bond donors (Lipinski definition) is 2. The molecule has 166 valence electrons. The maximum absolute atomic E-state index is 12.8. The average molecular weight is 453 g/mol. The summed E-state index contributed by atoms with van der Waals surface area (Å²) in [7, 11) is 0. The Labute approximate surface area is 135 Å². The van der Waals surface area contributed by atoms with Crippen LogP contribution < -0.4 is 6.15 Å². The van der Waals surface area contributed by atoms with Crippen LogP contribution >= 0.6 is 0 Å². The summed E-state index contributed by atoms with van der Waals surface area (Å²) in [5.41, 5.74) is 0. The van der Waals surface area contributed by atoms with Crippen molar-refractivity contribution < 1.29 is 79.7 Å². The molecule has 0 amide bonds. The zero-order valence-corrected chi connectivity index (χ0v) is 11.6. The maximum Gasteiger partial charge on any atom is 0.460 e. The molecule has 0 spiro atoms. The van der Waals surface area contributed by atoms with Gasteiger partial charge in [-0.05, 0) is 0 Å². The number of hydrogen-bond acceptors (Lipinski definition) is 2. The van der Waals surface area contributed by atoms with Crippen molar-refractivity contribution in [3.05, 3.63) is 0 Å². The highest BCUT2D eigenvalue weighted by molar-refractivity contribution is 5.14. The lowest BCUT2D eigenvalue weighted by Gasteiger charge is -2.41. The van der Waals surface area contributed by atoms with Gasteiger partial charge >= 0.3 is 47.8 Å². The van der Waals surface area contributed by atoms with Gasteiger partial charge in [-0.3, -0.25) is 0 Å². The van der Waals surface area contributed by atoms with Crippen molar-refractivity contribution in [1.29, 1.82) is 0 Å². The molecule has 0 radical (unpaired) electrons. The molecule has 0 aromatic rings. The predicted molar refractivity (Wildman–Crippen MR) is 47.9 cm³/mol. The minimum Gasteiger partial charge on any atom is -0.344 e. The highest BCUT2D eigenvalue weighted by Gasteiger charge is 2.95. The van der Waals surface area contributed by atoms with Crippen molar-refractivity contribution >= 4 is 0 Å². The molecule has 0 rings (SSSR count). The van der Waals surface area contributed by atoms with E-state index in [4.69, 9.17) is 5.11 Å². The molecule has 0 aliphatic rings. The molecular formula is C8H4F17NO. The first-order chi connectivity index (χ1) is 10.8. The molecule has 19 heteroatoms. The second-order valence-electron chi connectivity index (χ2n) is 4.49. The van der Waals surface area contributed by atoms with Crippen LogP contribution in [0.15, 0.2) is 0 Å². The van der Waals surface area contributed by atoms with E-state index in [0.29, 0.717) is 0 Å². The van der Waals surface area contributed by atoms with Crippen molar-refractivity contribution in [1.82, 2.24) is 6.15 Å². The molecule has 0 bridgehead atoms. The van der Waals surface area contributed by atoms with E-state index in [1.165, 1.54) is 0 Å². The van der Waals surface area contributed by atoms with E-state index in [-0.39, 0.29) is 6.15 Å². The third-order valence-electron chi connectivity index (χ3n) is 2.71. The third-order valence-corrected chi connectivity index (χ3v) is 2.71. The summed E-state index contributed by atoms with van der Waals surface area (Å²) in [4.78, 5) is 0. The Morgan fingerprint density at radius 1 is 0.333 bits per heavy atom. The van der Waals surface area contributed by atoms with Crippen LogP contribution in [-0.2, 0) is 0 Å². The van der Waals surface area contributed by atoms with E-state index in [1.807, 2.05) is 0 Å². The van der Waals surface area contributed by atoms with Crippen LogP contribution in [0.1, 0.15) is 0 Å². The normalized spacial score (nSPS) is 16.2. The molecule has 0 aromatic carbocycles. The van der Waals surface area contributed by atoms with E-state index in [1.54, 1.807) is 0 Å². The quantitative estimate of drug-likeness (QED) is 0.550. The molecule has 4 N–H and O–H groups in total. The molecule has 0 aliphatic heterocycles. The van der Waals surface area contributed by atoms with Gasteiger partial charge in [-0.15, -0.1) is 0 Å². The summed E-state index contributed by atoms with van der Waals surface area (Å²) in [5.74, 6) is -50.5. The molecule has 0 saturated heterocycles. The Bertz CT molecular complexity index is 480. The fourth-order valence-electron chi connectivity index (χ4n) is 1.16. The van der Waals surface area contributed by atoms with Gasteiger partial charge in [0.15, 0.2) is 0 Å². The lowest BCUT2D eigenvalue weighted by molar-refractivity contribution is -0.474. The first-order valence-electron chi connectivity index (χ1n) is 5.19. The van der Waals surface area contributed by atoms with Gasteiger partial charge in [0, 0.05) is 0 Å². The van der Waals surface area contributed by atoms with Crippen LogP contribution in [0.4, 0.5) is 74.6 Å². The van der Waals surface area contributed by atoms with Crippen LogP contribution in [0.25, 0.3) is 0 Å². The Hall–Kier alpha value is -1.27. The first-order valence-corrected chi connectivity index (χ1v) is 5.19. The van der Waals surface area contributed by atoms with Crippen LogP contribution in [0.3, 0.4) is 0 Å². The van der Waals surface area contributed by atoms with E-state index in [2.05, 4.69) is 0 Å². The Morgan fingerprint density at radius 3 is 0.704 bits per heavy atom. The lowest BCUT2D eigenvalue weighted by atomic mass is 9.91. The molecule has 0 atom stereocenters. The largest absolute Gasteiger partial charge is 0.460 e. The second kappa shape index (κ2) is 6.38. The number of alkyl halides is 17. The highest BCUT2D eigenvalue weighted by Crippen LogP contribution is 2.63. The summed E-state index contributed by atoms with van der Waals surface area (Å²) in [6.45, 7) is 0. The highest BCUT2D eigenvalue weighted by atomic mass is 19.4. The van der Waals surface area contributed by atoms with Crippen molar-refractivity contribution in [2.45, 2.75) is 47.8 Å². The molecule has 0 fully saturated rings. The Kier molecular flexibility index (Phi) is 6.60. The molecule has 0 aromatic heterocycles. The topological polar surface area (TPSA) is 55.2 Å². The Morgan fingerprint density at radius 2 is 0.519 bits per heavy atom. The lowest BCUT2D eigenvalue weighted by Crippen LogP contribution is -2.74. The average Bonchev–Trinajstić information content (AvgIpc) is 2.34. The van der Waals surface area contributed by atoms with Gasteiger partial charge in [0.2, 0.25) is 0 Å². The zero-order chi connectivity index (χ0) is 22.0. The fourth-order valence-corrected chi connectivity index (χ4v) is 1.16. The molecular weight excluding hydrogens is 449 g/mol. The van der Waals surface area contributed by atoms with Crippen LogP contribution in [0.5, 0.6) is 0 Å².